The molecule has 2 N–H and O–H groups in total. The Kier molecular flexibility index (Phi) is 4.03. The van der Waals surface area contributed by atoms with Crippen LogP contribution < -0.4 is 10.6 Å². The summed E-state index contributed by atoms with van der Waals surface area (Å²) in [4.78, 5) is 10.5. The molecule has 0 radical (unpaired) electrons. The molecule has 0 aliphatic rings. The fourth-order valence-corrected chi connectivity index (χ4v) is 1.55. The summed E-state index contributed by atoms with van der Waals surface area (Å²) in [5, 5.41) is 0. The molecule has 0 fully saturated rings. The minimum atomic E-state index is 0.348. The average Bonchev–Trinajstić information content (AvgIpc) is 2.19. The van der Waals surface area contributed by atoms with Crippen LogP contribution in [0.2, 0.25) is 0 Å². The SMILES string of the molecule is CC(C)C(CN)c1cnc(N(C)C)nc1. The minimum absolute atomic E-state index is 0.348. The third kappa shape index (κ3) is 2.89. The summed E-state index contributed by atoms with van der Waals surface area (Å²) in [6.45, 7) is 4.97. The third-order valence-corrected chi connectivity index (χ3v) is 2.55. The van der Waals surface area contributed by atoms with Crippen molar-refractivity contribution < 1.29 is 0 Å². The molecule has 0 amide bonds. The lowest BCUT2D eigenvalue weighted by Gasteiger charge is -2.19. The van der Waals surface area contributed by atoms with Gasteiger partial charge in [-0.15, -0.1) is 0 Å². The Labute approximate surface area is 91.5 Å². The molecule has 0 aliphatic carbocycles. The van der Waals surface area contributed by atoms with Gasteiger partial charge in [-0.05, 0) is 18.0 Å². The van der Waals surface area contributed by atoms with Crippen molar-refractivity contribution in [1.29, 1.82) is 0 Å². The number of anilines is 1. The molecule has 1 aromatic rings. The van der Waals surface area contributed by atoms with E-state index in [9.17, 15) is 0 Å². The van der Waals surface area contributed by atoms with Gasteiger partial charge in [-0.1, -0.05) is 13.8 Å². The Morgan fingerprint density at radius 2 is 1.80 bits per heavy atom. The lowest BCUT2D eigenvalue weighted by atomic mass is 9.90. The Morgan fingerprint density at radius 1 is 1.27 bits per heavy atom. The molecule has 0 spiro atoms. The highest BCUT2D eigenvalue weighted by Crippen LogP contribution is 2.22. The Bertz CT molecular complexity index is 292. The maximum atomic E-state index is 5.74. The Morgan fingerprint density at radius 3 is 2.13 bits per heavy atom. The first-order valence-corrected chi connectivity index (χ1v) is 5.25. The van der Waals surface area contributed by atoms with Gasteiger partial charge in [0.1, 0.15) is 0 Å². The van der Waals surface area contributed by atoms with Crippen LogP contribution in [0.4, 0.5) is 5.95 Å². The average molecular weight is 208 g/mol. The molecule has 1 heterocycles. The van der Waals surface area contributed by atoms with E-state index in [-0.39, 0.29) is 0 Å². The fraction of sp³-hybridized carbons (Fsp3) is 0.636. The van der Waals surface area contributed by atoms with E-state index >= 15 is 0 Å². The number of nitrogens with zero attached hydrogens (tertiary/aromatic N) is 3. The summed E-state index contributed by atoms with van der Waals surface area (Å²) in [7, 11) is 3.86. The van der Waals surface area contributed by atoms with Crippen molar-refractivity contribution in [2.75, 3.05) is 25.5 Å². The van der Waals surface area contributed by atoms with Crippen LogP contribution in [-0.4, -0.2) is 30.6 Å². The van der Waals surface area contributed by atoms with Crippen LogP contribution >= 0.6 is 0 Å². The van der Waals surface area contributed by atoms with Crippen molar-refractivity contribution in [3.8, 4) is 0 Å². The molecule has 4 heteroatoms. The van der Waals surface area contributed by atoms with Crippen LogP contribution in [0.15, 0.2) is 12.4 Å². The van der Waals surface area contributed by atoms with Gasteiger partial charge in [-0.25, -0.2) is 9.97 Å². The monoisotopic (exact) mass is 208 g/mol. The van der Waals surface area contributed by atoms with Crippen LogP contribution in [-0.2, 0) is 0 Å². The first kappa shape index (κ1) is 11.9. The molecule has 1 aromatic heterocycles. The van der Waals surface area contributed by atoms with Crippen molar-refractivity contribution in [3.05, 3.63) is 18.0 Å². The normalized spacial score (nSPS) is 12.9. The number of hydrogen-bond donors (Lipinski definition) is 1. The van der Waals surface area contributed by atoms with Gasteiger partial charge in [0.15, 0.2) is 0 Å². The van der Waals surface area contributed by atoms with Gasteiger partial charge in [-0.3, -0.25) is 0 Å². The predicted octanol–water partition coefficient (Wildman–Crippen LogP) is 1.24. The second-order valence-corrected chi connectivity index (χ2v) is 4.30. The second kappa shape index (κ2) is 5.07. The highest BCUT2D eigenvalue weighted by molar-refractivity contribution is 5.28. The van der Waals surface area contributed by atoms with E-state index in [0.29, 0.717) is 18.4 Å². The van der Waals surface area contributed by atoms with Crippen LogP contribution in [0.25, 0.3) is 0 Å². The van der Waals surface area contributed by atoms with E-state index in [1.165, 1.54) is 0 Å². The summed E-state index contributed by atoms with van der Waals surface area (Å²) in [6, 6.07) is 0. The number of nitrogens with two attached hydrogens (primary N) is 1. The Hall–Kier alpha value is -1.16. The lowest BCUT2D eigenvalue weighted by molar-refractivity contribution is 0.503. The second-order valence-electron chi connectivity index (χ2n) is 4.30. The van der Waals surface area contributed by atoms with Gasteiger partial charge in [-0.2, -0.15) is 0 Å². The maximum Gasteiger partial charge on any atom is 0.224 e. The van der Waals surface area contributed by atoms with E-state index < -0.39 is 0 Å². The molecule has 0 saturated carbocycles. The van der Waals surface area contributed by atoms with Crippen LogP contribution in [0, 0.1) is 5.92 Å². The largest absolute Gasteiger partial charge is 0.347 e. The van der Waals surface area contributed by atoms with E-state index in [2.05, 4.69) is 23.8 Å². The molecule has 4 nitrogen and oxygen atoms in total. The highest BCUT2D eigenvalue weighted by Gasteiger charge is 2.14. The molecule has 84 valence electrons. The lowest BCUT2D eigenvalue weighted by Crippen LogP contribution is -2.19. The van der Waals surface area contributed by atoms with Crippen molar-refractivity contribution in [2.45, 2.75) is 19.8 Å². The fourth-order valence-electron chi connectivity index (χ4n) is 1.55. The molecule has 0 aromatic carbocycles. The summed E-state index contributed by atoms with van der Waals surface area (Å²) in [6.07, 6.45) is 3.75. The van der Waals surface area contributed by atoms with Gasteiger partial charge < -0.3 is 10.6 Å². The van der Waals surface area contributed by atoms with Crippen LogP contribution in [0.5, 0.6) is 0 Å². The van der Waals surface area contributed by atoms with Crippen molar-refractivity contribution in [1.82, 2.24) is 9.97 Å². The van der Waals surface area contributed by atoms with E-state index in [1.807, 2.05) is 31.4 Å². The van der Waals surface area contributed by atoms with Crippen molar-refractivity contribution >= 4 is 5.95 Å². The van der Waals surface area contributed by atoms with Gasteiger partial charge >= 0.3 is 0 Å². The maximum absolute atomic E-state index is 5.74. The summed E-state index contributed by atoms with van der Waals surface area (Å²) in [5.41, 5.74) is 6.86. The summed E-state index contributed by atoms with van der Waals surface area (Å²) in [5.74, 6) is 1.60. The van der Waals surface area contributed by atoms with Gasteiger partial charge in [0.25, 0.3) is 0 Å². The molecule has 1 atom stereocenters. The minimum Gasteiger partial charge on any atom is -0.347 e. The molecular formula is C11H20N4. The zero-order valence-corrected chi connectivity index (χ0v) is 9.94. The standard InChI is InChI=1S/C11H20N4/c1-8(2)10(5-12)9-6-13-11(14-7-9)15(3)4/h6-8,10H,5,12H2,1-4H3. The van der Waals surface area contributed by atoms with Gasteiger partial charge in [0.05, 0.1) is 0 Å². The van der Waals surface area contributed by atoms with Gasteiger partial charge in [0.2, 0.25) is 5.95 Å². The highest BCUT2D eigenvalue weighted by atomic mass is 15.2. The predicted molar refractivity (Wildman–Crippen MR) is 63.0 cm³/mol. The first-order chi connectivity index (χ1) is 7.06. The summed E-state index contributed by atoms with van der Waals surface area (Å²) < 4.78 is 0. The molecule has 1 unspecified atom stereocenters. The summed E-state index contributed by atoms with van der Waals surface area (Å²) >= 11 is 0. The molecular weight excluding hydrogens is 188 g/mol. The number of rotatable bonds is 4. The van der Waals surface area contributed by atoms with E-state index in [0.717, 1.165) is 11.5 Å². The van der Waals surface area contributed by atoms with Crippen LogP contribution in [0.3, 0.4) is 0 Å². The topological polar surface area (TPSA) is 55.0 Å². The number of hydrogen-bond acceptors (Lipinski definition) is 4. The van der Waals surface area contributed by atoms with Crippen molar-refractivity contribution in [2.24, 2.45) is 11.7 Å². The van der Waals surface area contributed by atoms with E-state index in [4.69, 9.17) is 5.73 Å². The third-order valence-electron chi connectivity index (χ3n) is 2.55. The molecule has 0 aliphatic heterocycles. The zero-order chi connectivity index (χ0) is 11.4. The first-order valence-electron chi connectivity index (χ1n) is 5.25. The van der Waals surface area contributed by atoms with E-state index in [1.54, 1.807) is 0 Å². The smallest absolute Gasteiger partial charge is 0.224 e. The quantitative estimate of drug-likeness (QED) is 0.809. The van der Waals surface area contributed by atoms with Crippen LogP contribution in [0.1, 0.15) is 25.3 Å². The Balaban J connectivity index is 2.87. The molecule has 15 heavy (non-hydrogen) atoms. The van der Waals surface area contributed by atoms with Gasteiger partial charge in [0, 0.05) is 32.4 Å². The van der Waals surface area contributed by atoms with Crippen molar-refractivity contribution in [3.63, 3.8) is 0 Å². The zero-order valence-electron chi connectivity index (χ0n) is 9.94. The number of aromatic nitrogens is 2. The molecule has 0 bridgehead atoms. The molecule has 0 saturated heterocycles. The molecule has 1 rings (SSSR count).